The topological polar surface area (TPSA) is 77.5 Å². The van der Waals surface area contributed by atoms with Gasteiger partial charge in [-0.25, -0.2) is 4.79 Å². The predicted molar refractivity (Wildman–Crippen MR) is 91.5 cm³/mol. The van der Waals surface area contributed by atoms with Gasteiger partial charge in [0.05, 0.1) is 0 Å². The molecule has 1 saturated heterocycles. The number of nitrogens with one attached hydrogen (secondary N) is 2. The summed E-state index contributed by atoms with van der Waals surface area (Å²) in [6.07, 6.45) is 7.34. The van der Waals surface area contributed by atoms with Gasteiger partial charge in [-0.2, -0.15) is 0 Å². The maximum Gasteiger partial charge on any atom is 0.315 e. The van der Waals surface area contributed by atoms with E-state index in [9.17, 15) is 4.79 Å². The molecule has 1 atom stereocenters. The number of urea groups is 1. The first-order valence-electron chi connectivity index (χ1n) is 8.49. The highest BCUT2D eigenvalue weighted by Gasteiger charge is 2.20. The third-order valence-electron chi connectivity index (χ3n) is 4.37. The Morgan fingerprint density at radius 2 is 2.09 bits per heavy atom. The lowest BCUT2D eigenvalue weighted by Gasteiger charge is -2.33. The number of aliphatic hydroxyl groups is 1. The molecule has 6 heteroatoms. The molecule has 1 aliphatic rings. The number of pyridine rings is 1. The molecule has 0 aromatic carbocycles. The lowest BCUT2D eigenvalue weighted by atomic mass is 9.96. The van der Waals surface area contributed by atoms with Crippen LogP contribution in [-0.4, -0.2) is 48.4 Å². The van der Waals surface area contributed by atoms with Crippen LogP contribution >= 0.6 is 0 Å². The highest BCUT2D eigenvalue weighted by Crippen LogP contribution is 2.22. The molecule has 1 unspecified atom stereocenters. The predicted octanol–water partition coefficient (Wildman–Crippen LogP) is 1.76. The summed E-state index contributed by atoms with van der Waals surface area (Å²) in [7, 11) is 0. The van der Waals surface area contributed by atoms with Crippen LogP contribution in [0, 0.1) is 5.92 Å². The summed E-state index contributed by atoms with van der Waals surface area (Å²) in [5.74, 6) is 0.534. The normalized spacial score (nSPS) is 16.9. The molecule has 3 N–H and O–H groups in total. The average Bonchev–Trinajstić information content (AvgIpc) is 2.59. The number of hydrogen-bond acceptors (Lipinski definition) is 4. The molecule has 0 bridgehead atoms. The molecule has 1 aromatic rings. The molecule has 1 aromatic heterocycles. The van der Waals surface area contributed by atoms with E-state index >= 15 is 0 Å². The van der Waals surface area contributed by atoms with Gasteiger partial charge < -0.3 is 20.6 Å². The van der Waals surface area contributed by atoms with Crippen molar-refractivity contribution in [1.82, 2.24) is 15.6 Å². The maximum atomic E-state index is 11.8. The van der Waals surface area contributed by atoms with Gasteiger partial charge in [0.25, 0.3) is 0 Å². The van der Waals surface area contributed by atoms with E-state index in [-0.39, 0.29) is 18.7 Å². The number of nitrogens with zero attached hydrogens (tertiary/aromatic N) is 2. The zero-order chi connectivity index (χ0) is 16.5. The molecule has 2 heterocycles. The Balaban J connectivity index is 1.64. The Hall–Kier alpha value is -1.82. The standard InChI is InChI=1S/C17H28N4O2/c1-14(3-2-12-22)20-17(23)19-13-15-6-10-21(11-7-15)16-4-8-18-9-5-16/h4-5,8-9,14-15,22H,2-3,6-7,10-13H2,1H3,(H2,19,20,23). The van der Waals surface area contributed by atoms with Crippen LogP contribution in [0.5, 0.6) is 0 Å². The highest BCUT2D eigenvalue weighted by atomic mass is 16.3. The second kappa shape index (κ2) is 9.35. The first-order chi connectivity index (χ1) is 11.2. The van der Waals surface area contributed by atoms with E-state index in [2.05, 4.69) is 20.5 Å². The number of aliphatic hydroxyl groups excluding tert-OH is 1. The second-order valence-electron chi connectivity index (χ2n) is 6.26. The van der Waals surface area contributed by atoms with Crippen molar-refractivity contribution in [2.24, 2.45) is 5.92 Å². The van der Waals surface area contributed by atoms with Crippen LogP contribution in [0.3, 0.4) is 0 Å². The SMILES string of the molecule is CC(CCCO)NC(=O)NCC1CCN(c2ccncc2)CC1. The number of amides is 2. The zero-order valence-corrected chi connectivity index (χ0v) is 13.9. The third kappa shape index (κ3) is 6.06. The number of hydrogen-bond donors (Lipinski definition) is 3. The number of anilines is 1. The average molecular weight is 320 g/mol. The lowest BCUT2D eigenvalue weighted by molar-refractivity contribution is 0.231. The molecule has 128 valence electrons. The molecular formula is C17H28N4O2. The van der Waals surface area contributed by atoms with E-state index in [4.69, 9.17) is 5.11 Å². The second-order valence-corrected chi connectivity index (χ2v) is 6.26. The first kappa shape index (κ1) is 17.5. The van der Waals surface area contributed by atoms with Crippen LogP contribution < -0.4 is 15.5 Å². The number of piperidine rings is 1. The molecule has 0 radical (unpaired) electrons. The van der Waals surface area contributed by atoms with Crippen LogP contribution in [-0.2, 0) is 0 Å². The van der Waals surface area contributed by atoms with Crippen LogP contribution in [0.1, 0.15) is 32.6 Å². The van der Waals surface area contributed by atoms with Gasteiger partial charge in [0.2, 0.25) is 0 Å². The fraction of sp³-hybridized carbons (Fsp3) is 0.647. The Labute approximate surface area is 138 Å². The summed E-state index contributed by atoms with van der Waals surface area (Å²) in [4.78, 5) is 18.3. The van der Waals surface area contributed by atoms with Crippen molar-refractivity contribution < 1.29 is 9.90 Å². The quantitative estimate of drug-likeness (QED) is 0.715. The fourth-order valence-corrected chi connectivity index (χ4v) is 2.93. The van der Waals surface area contributed by atoms with Gasteiger partial charge in [-0.1, -0.05) is 0 Å². The van der Waals surface area contributed by atoms with Gasteiger partial charge in [-0.15, -0.1) is 0 Å². The number of carbonyl (C=O) groups excluding carboxylic acids is 1. The number of rotatable bonds is 7. The smallest absolute Gasteiger partial charge is 0.315 e. The Bertz CT molecular complexity index is 461. The van der Waals surface area contributed by atoms with Crippen molar-refractivity contribution in [3.8, 4) is 0 Å². The van der Waals surface area contributed by atoms with E-state index < -0.39 is 0 Å². The molecule has 0 spiro atoms. The van der Waals surface area contributed by atoms with Gasteiger partial charge in [-0.3, -0.25) is 4.98 Å². The van der Waals surface area contributed by atoms with Crippen LogP contribution in [0.2, 0.25) is 0 Å². The first-order valence-corrected chi connectivity index (χ1v) is 8.49. The molecular weight excluding hydrogens is 292 g/mol. The van der Waals surface area contributed by atoms with Gasteiger partial charge in [0, 0.05) is 50.4 Å². The Kier molecular flexibility index (Phi) is 7.13. The van der Waals surface area contributed by atoms with Gasteiger partial charge in [0.15, 0.2) is 0 Å². The molecule has 1 fully saturated rings. The lowest BCUT2D eigenvalue weighted by Crippen LogP contribution is -2.44. The monoisotopic (exact) mass is 320 g/mol. The summed E-state index contributed by atoms with van der Waals surface area (Å²) in [5.41, 5.74) is 1.22. The third-order valence-corrected chi connectivity index (χ3v) is 4.37. The van der Waals surface area contributed by atoms with Crippen molar-refractivity contribution in [1.29, 1.82) is 0 Å². The van der Waals surface area contributed by atoms with E-state index in [0.717, 1.165) is 45.3 Å². The molecule has 2 amide bonds. The van der Waals surface area contributed by atoms with Crippen molar-refractivity contribution >= 4 is 11.7 Å². The van der Waals surface area contributed by atoms with Crippen molar-refractivity contribution in [2.45, 2.75) is 38.6 Å². The molecule has 6 nitrogen and oxygen atoms in total. The Morgan fingerprint density at radius 1 is 1.39 bits per heavy atom. The zero-order valence-electron chi connectivity index (χ0n) is 13.9. The summed E-state index contributed by atoms with van der Waals surface area (Å²) in [6.45, 7) is 4.89. The summed E-state index contributed by atoms with van der Waals surface area (Å²) >= 11 is 0. The van der Waals surface area contributed by atoms with E-state index in [0.29, 0.717) is 5.92 Å². The molecule has 1 aliphatic heterocycles. The molecule has 0 aliphatic carbocycles. The largest absolute Gasteiger partial charge is 0.396 e. The number of aromatic nitrogens is 1. The van der Waals surface area contributed by atoms with E-state index in [1.54, 1.807) is 0 Å². The van der Waals surface area contributed by atoms with Crippen LogP contribution in [0.15, 0.2) is 24.5 Å². The van der Waals surface area contributed by atoms with E-state index in [1.807, 2.05) is 31.5 Å². The minimum absolute atomic E-state index is 0.0932. The highest BCUT2D eigenvalue weighted by molar-refractivity contribution is 5.74. The van der Waals surface area contributed by atoms with Crippen molar-refractivity contribution in [2.75, 3.05) is 31.1 Å². The fourth-order valence-electron chi connectivity index (χ4n) is 2.93. The van der Waals surface area contributed by atoms with Crippen LogP contribution in [0.4, 0.5) is 10.5 Å². The minimum atomic E-state index is -0.105. The minimum Gasteiger partial charge on any atom is -0.396 e. The summed E-state index contributed by atoms with van der Waals surface area (Å²) < 4.78 is 0. The summed E-state index contributed by atoms with van der Waals surface area (Å²) in [6, 6.07) is 4.07. The van der Waals surface area contributed by atoms with E-state index in [1.165, 1.54) is 5.69 Å². The van der Waals surface area contributed by atoms with Crippen molar-refractivity contribution in [3.63, 3.8) is 0 Å². The van der Waals surface area contributed by atoms with Crippen LogP contribution in [0.25, 0.3) is 0 Å². The molecule has 2 rings (SSSR count). The number of carbonyl (C=O) groups is 1. The molecule has 0 saturated carbocycles. The summed E-state index contributed by atoms with van der Waals surface area (Å²) in [5, 5.41) is 14.7. The Morgan fingerprint density at radius 3 is 2.74 bits per heavy atom. The van der Waals surface area contributed by atoms with Gasteiger partial charge >= 0.3 is 6.03 Å². The van der Waals surface area contributed by atoms with Crippen molar-refractivity contribution in [3.05, 3.63) is 24.5 Å². The van der Waals surface area contributed by atoms with Gasteiger partial charge in [-0.05, 0) is 50.7 Å². The van der Waals surface area contributed by atoms with Gasteiger partial charge in [0.1, 0.15) is 0 Å². The molecule has 23 heavy (non-hydrogen) atoms. The maximum absolute atomic E-state index is 11.8.